The molecule has 0 saturated carbocycles. The van der Waals surface area contributed by atoms with Crippen LogP contribution in [0, 0.1) is 16.0 Å². The zero-order valence-corrected chi connectivity index (χ0v) is 15.9. The maximum atomic E-state index is 12.6. The van der Waals surface area contributed by atoms with E-state index in [1.807, 2.05) is 0 Å². The molecule has 1 aromatic carbocycles. The number of amides is 1. The third kappa shape index (κ3) is 4.52. The molecule has 0 aliphatic carbocycles. The van der Waals surface area contributed by atoms with Crippen molar-refractivity contribution in [3.63, 3.8) is 0 Å². The first-order chi connectivity index (χ1) is 13.5. The molecule has 2 heterocycles. The van der Waals surface area contributed by atoms with Crippen LogP contribution in [0.1, 0.15) is 24.2 Å². The van der Waals surface area contributed by atoms with Crippen molar-refractivity contribution in [2.24, 2.45) is 5.92 Å². The lowest BCUT2D eigenvalue weighted by atomic mass is 10.0. The normalized spacial score (nSPS) is 16.1. The Morgan fingerprint density at radius 1 is 1.36 bits per heavy atom. The van der Waals surface area contributed by atoms with Crippen LogP contribution in [0.15, 0.2) is 30.9 Å². The summed E-state index contributed by atoms with van der Waals surface area (Å²) in [6.07, 6.45) is 2.67. The van der Waals surface area contributed by atoms with Gasteiger partial charge in [0.25, 0.3) is 11.6 Å². The molecular formula is C18H24N6O4. The van der Waals surface area contributed by atoms with Crippen molar-refractivity contribution in [1.29, 1.82) is 0 Å². The lowest BCUT2D eigenvalue weighted by Gasteiger charge is -2.36. The van der Waals surface area contributed by atoms with E-state index in [-0.39, 0.29) is 28.9 Å². The summed E-state index contributed by atoms with van der Waals surface area (Å²) in [5, 5.41) is 18.3. The quantitative estimate of drug-likeness (QED) is 0.561. The second-order valence-corrected chi connectivity index (χ2v) is 6.97. The van der Waals surface area contributed by atoms with Crippen molar-refractivity contribution in [3.05, 3.63) is 46.5 Å². The molecule has 1 amide bonds. The Morgan fingerprint density at radius 2 is 2.11 bits per heavy atom. The van der Waals surface area contributed by atoms with Gasteiger partial charge in [-0.15, -0.1) is 0 Å². The summed E-state index contributed by atoms with van der Waals surface area (Å²) >= 11 is 0. The van der Waals surface area contributed by atoms with Crippen molar-refractivity contribution < 1.29 is 14.5 Å². The second-order valence-electron chi connectivity index (χ2n) is 6.97. The molecule has 1 fully saturated rings. The summed E-state index contributed by atoms with van der Waals surface area (Å²) in [6, 6.07) is 4.50. The van der Waals surface area contributed by atoms with E-state index in [2.05, 4.69) is 34.1 Å². The smallest absolute Gasteiger partial charge is 0.295 e. The molecule has 1 aliphatic rings. The molecule has 1 unspecified atom stereocenters. The van der Waals surface area contributed by atoms with E-state index in [9.17, 15) is 14.9 Å². The number of benzene rings is 1. The number of hydrogen-bond acceptors (Lipinski definition) is 7. The maximum absolute atomic E-state index is 12.6. The van der Waals surface area contributed by atoms with Crippen LogP contribution in [0.5, 0.6) is 0 Å². The van der Waals surface area contributed by atoms with Crippen molar-refractivity contribution in [1.82, 2.24) is 25.0 Å². The van der Waals surface area contributed by atoms with E-state index < -0.39 is 4.92 Å². The second kappa shape index (κ2) is 8.89. The highest BCUT2D eigenvalue weighted by atomic mass is 16.6. The first-order valence-corrected chi connectivity index (χ1v) is 9.21. The minimum Gasteiger partial charge on any atom is -0.379 e. The molecule has 150 valence electrons. The molecule has 10 nitrogen and oxygen atoms in total. The van der Waals surface area contributed by atoms with Gasteiger partial charge in [0.15, 0.2) is 0 Å². The minimum atomic E-state index is -0.529. The van der Waals surface area contributed by atoms with Gasteiger partial charge in [0, 0.05) is 37.3 Å². The molecule has 0 radical (unpaired) electrons. The molecule has 3 rings (SSSR count). The number of nitrogens with one attached hydrogen (secondary N) is 1. The van der Waals surface area contributed by atoms with E-state index in [1.54, 1.807) is 6.07 Å². The molecule has 28 heavy (non-hydrogen) atoms. The Hall–Kier alpha value is -2.85. The average molecular weight is 388 g/mol. The highest BCUT2D eigenvalue weighted by molar-refractivity contribution is 5.95. The summed E-state index contributed by atoms with van der Waals surface area (Å²) in [5.74, 6) is 0.00887. The predicted octanol–water partition coefficient (Wildman–Crippen LogP) is 1.26. The molecule has 1 aliphatic heterocycles. The summed E-state index contributed by atoms with van der Waals surface area (Å²) < 4.78 is 6.70. The van der Waals surface area contributed by atoms with Crippen molar-refractivity contribution in [3.8, 4) is 5.69 Å². The van der Waals surface area contributed by atoms with E-state index in [4.69, 9.17) is 4.74 Å². The van der Waals surface area contributed by atoms with E-state index in [1.165, 1.54) is 29.5 Å². The molecule has 0 spiro atoms. The van der Waals surface area contributed by atoms with Crippen LogP contribution < -0.4 is 5.32 Å². The van der Waals surface area contributed by atoms with Gasteiger partial charge in [-0.2, -0.15) is 5.10 Å². The number of nitro benzene ring substituents is 1. The van der Waals surface area contributed by atoms with Gasteiger partial charge in [-0.05, 0) is 18.1 Å². The molecule has 10 heteroatoms. The minimum absolute atomic E-state index is 0.178. The Kier molecular flexibility index (Phi) is 6.32. The largest absolute Gasteiger partial charge is 0.379 e. The molecule has 1 atom stereocenters. The average Bonchev–Trinajstić information content (AvgIpc) is 3.22. The van der Waals surface area contributed by atoms with Gasteiger partial charge < -0.3 is 10.1 Å². The lowest BCUT2D eigenvalue weighted by Crippen LogP contribution is -2.51. The zero-order chi connectivity index (χ0) is 20.1. The first-order valence-electron chi connectivity index (χ1n) is 9.21. The Morgan fingerprint density at radius 3 is 2.71 bits per heavy atom. The van der Waals surface area contributed by atoms with Crippen LogP contribution in [0.3, 0.4) is 0 Å². The Bertz CT molecular complexity index is 817. The topological polar surface area (TPSA) is 115 Å². The number of ether oxygens (including phenoxy) is 1. The molecule has 1 saturated heterocycles. The third-order valence-corrected chi connectivity index (χ3v) is 4.86. The molecule has 2 aromatic rings. The fourth-order valence-electron chi connectivity index (χ4n) is 3.33. The van der Waals surface area contributed by atoms with Crippen LogP contribution in [0.4, 0.5) is 5.69 Å². The standard InChI is InChI=1S/C18H24N6O4/c1-13(2)17(22-5-7-28-8-6-22)10-20-18(25)14-3-4-15(16(9-14)24(26)27)23-12-19-11-21-23/h3-4,9,11-13,17H,5-8,10H2,1-2H3,(H,20,25). The monoisotopic (exact) mass is 388 g/mol. The van der Waals surface area contributed by atoms with Crippen molar-refractivity contribution >= 4 is 11.6 Å². The fraction of sp³-hybridized carbons (Fsp3) is 0.500. The fourth-order valence-corrected chi connectivity index (χ4v) is 3.33. The number of nitrogens with zero attached hydrogens (tertiary/aromatic N) is 5. The van der Waals surface area contributed by atoms with Gasteiger partial charge in [-0.3, -0.25) is 19.8 Å². The van der Waals surface area contributed by atoms with Gasteiger partial charge in [-0.25, -0.2) is 9.67 Å². The van der Waals surface area contributed by atoms with Crippen molar-refractivity contribution in [2.45, 2.75) is 19.9 Å². The number of carbonyl (C=O) groups excluding carboxylic acids is 1. The number of aromatic nitrogens is 3. The van der Waals surface area contributed by atoms with Crippen LogP contribution in [-0.4, -0.2) is 69.4 Å². The molecular weight excluding hydrogens is 364 g/mol. The van der Waals surface area contributed by atoms with E-state index in [0.29, 0.717) is 25.7 Å². The van der Waals surface area contributed by atoms with E-state index in [0.717, 1.165) is 13.1 Å². The van der Waals surface area contributed by atoms with Gasteiger partial charge in [-0.1, -0.05) is 13.8 Å². The van der Waals surface area contributed by atoms with E-state index >= 15 is 0 Å². The SMILES string of the molecule is CC(C)C(CNC(=O)c1ccc(-n2cncn2)c([N+](=O)[O-])c1)N1CCOCC1. The zero-order valence-electron chi connectivity index (χ0n) is 15.9. The molecule has 1 aromatic heterocycles. The molecule has 0 bridgehead atoms. The number of hydrogen-bond donors (Lipinski definition) is 1. The van der Waals surface area contributed by atoms with Gasteiger partial charge in [0.2, 0.25) is 0 Å². The summed E-state index contributed by atoms with van der Waals surface area (Å²) in [6.45, 7) is 7.73. The van der Waals surface area contributed by atoms with Crippen LogP contribution >= 0.6 is 0 Å². The van der Waals surface area contributed by atoms with Gasteiger partial charge >= 0.3 is 0 Å². The van der Waals surface area contributed by atoms with Gasteiger partial charge in [0.05, 0.1) is 18.1 Å². The van der Waals surface area contributed by atoms with Gasteiger partial charge in [0.1, 0.15) is 18.3 Å². The Balaban J connectivity index is 1.73. The highest BCUT2D eigenvalue weighted by Crippen LogP contribution is 2.23. The van der Waals surface area contributed by atoms with Crippen LogP contribution in [0.2, 0.25) is 0 Å². The third-order valence-electron chi connectivity index (χ3n) is 4.86. The van der Waals surface area contributed by atoms with Crippen LogP contribution in [-0.2, 0) is 4.74 Å². The number of rotatable bonds is 7. The summed E-state index contributed by atoms with van der Waals surface area (Å²) in [5.41, 5.74) is 0.291. The highest BCUT2D eigenvalue weighted by Gasteiger charge is 2.25. The first kappa shape index (κ1) is 19.9. The predicted molar refractivity (Wildman–Crippen MR) is 101 cm³/mol. The van der Waals surface area contributed by atoms with Crippen LogP contribution in [0.25, 0.3) is 5.69 Å². The number of nitro groups is 1. The Labute approximate surface area is 162 Å². The number of carbonyl (C=O) groups is 1. The summed E-state index contributed by atoms with van der Waals surface area (Å²) in [4.78, 5) is 29.6. The number of morpholine rings is 1. The lowest BCUT2D eigenvalue weighted by molar-refractivity contribution is -0.384. The molecule has 1 N–H and O–H groups in total. The summed E-state index contributed by atoms with van der Waals surface area (Å²) in [7, 11) is 0. The maximum Gasteiger partial charge on any atom is 0.295 e. The van der Waals surface area contributed by atoms with Crippen molar-refractivity contribution in [2.75, 3.05) is 32.8 Å².